The summed E-state index contributed by atoms with van der Waals surface area (Å²) in [5.74, 6) is -0.243. The molecule has 0 aliphatic heterocycles. The second kappa shape index (κ2) is 4.84. The highest BCUT2D eigenvalue weighted by molar-refractivity contribution is 5.70. The maximum atomic E-state index is 11.2. The van der Waals surface area contributed by atoms with E-state index < -0.39 is 11.6 Å². The van der Waals surface area contributed by atoms with Crippen LogP contribution in [-0.2, 0) is 15.1 Å². The van der Waals surface area contributed by atoms with Crippen LogP contribution in [0.3, 0.4) is 0 Å². The van der Waals surface area contributed by atoms with Crippen molar-refractivity contribution in [3.63, 3.8) is 0 Å². The zero-order valence-electron chi connectivity index (χ0n) is 8.80. The number of rotatable bonds is 4. The summed E-state index contributed by atoms with van der Waals surface area (Å²) < 4.78 is 4.74. The van der Waals surface area contributed by atoms with Crippen LogP contribution in [0.4, 0.5) is 0 Å². The molecule has 0 saturated carbocycles. The standard InChI is InChI=1S/C10H14N2O3/c1-3-15-8(13)7-10(2,14)9-11-5-4-6-12-9/h4-6,14H,3,7H2,1-2H3. The first-order chi connectivity index (χ1) is 7.06. The average molecular weight is 210 g/mol. The van der Waals surface area contributed by atoms with E-state index in [1.54, 1.807) is 13.0 Å². The van der Waals surface area contributed by atoms with Crippen LogP contribution in [0.1, 0.15) is 26.1 Å². The van der Waals surface area contributed by atoms with Crippen LogP contribution in [0.15, 0.2) is 18.5 Å². The molecule has 0 spiro atoms. The van der Waals surface area contributed by atoms with Crippen molar-refractivity contribution in [1.82, 2.24) is 9.97 Å². The van der Waals surface area contributed by atoms with Gasteiger partial charge in [0.05, 0.1) is 13.0 Å². The number of aliphatic hydroxyl groups is 1. The molecule has 0 aromatic carbocycles. The van der Waals surface area contributed by atoms with Gasteiger partial charge in [0.25, 0.3) is 0 Å². The fraction of sp³-hybridized carbons (Fsp3) is 0.500. The fourth-order valence-corrected chi connectivity index (χ4v) is 1.15. The highest BCUT2D eigenvalue weighted by atomic mass is 16.5. The second-order valence-electron chi connectivity index (χ2n) is 3.33. The first-order valence-corrected chi connectivity index (χ1v) is 4.72. The van der Waals surface area contributed by atoms with Crippen molar-refractivity contribution < 1.29 is 14.6 Å². The largest absolute Gasteiger partial charge is 0.466 e. The van der Waals surface area contributed by atoms with Crippen molar-refractivity contribution in [2.45, 2.75) is 25.9 Å². The Kier molecular flexibility index (Phi) is 3.74. The van der Waals surface area contributed by atoms with Gasteiger partial charge in [0.2, 0.25) is 0 Å². The summed E-state index contributed by atoms with van der Waals surface area (Å²) in [5.41, 5.74) is -1.38. The lowest BCUT2D eigenvalue weighted by Gasteiger charge is -2.19. The predicted octanol–water partition coefficient (Wildman–Crippen LogP) is 0.637. The normalized spacial score (nSPS) is 14.3. The highest BCUT2D eigenvalue weighted by Crippen LogP contribution is 2.20. The Morgan fingerprint density at radius 2 is 2.13 bits per heavy atom. The number of aromatic nitrogens is 2. The van der Waals surface area contributed by atoms with E-state index >= 15 is 0 Å². The molecule has 1 rings (SSSR count). The van der Waals surface area contributed by atoms with Crippen LogP contribution in [0.25, 0.3) is 0 Å². The van der Waals surface area contributed by atoms with Crippen molar-refractivity contribution in [2.24, 2.45) is 0 Å². The SMILES string of the molecule is CCOC(=O)CC(C)(O)c1ncccn1. The molecule has 0 aliphatic rings. The third kappa shape index (κ3) is 3.28. The molecule has 1 unspecified atom stereocenters. The van der Waals surface area contributed by atoms with E-state index in [4.69, 9.17) is 4.74 Å². The Morgan fingerprint density at radius 3 is 2.67 bits per heavy atom. The van der Waals surface area contributed by atoms with E-state index in [0.29, 0.717) is 6.61 Å². The first-order valence-electron chi connectivity index (χ1n) is 4.72. The lowest BCUT2D eigenvalue weighted by Crippen LogP contribution is -2.28. The van der Waals surface area contributed by atoms with Gasteiger partial charge in [0.15, 0.2) is 5.82 Å². The molecule has 1 aromatic rings. The molecule has 1 aromatic heterocycles. The third-order valence-corrected chi connectivity index (χ3v) is 1.84. The predicted molar refractivity (Wildman–Crippen MR) is 52.9 cm³/mol. The quantitative estimate of drug-likeness (QED) is 0.738. The van der Waals surface area contributed by atoms with Crippen LogP contribution in [-0.4, -0.2) is 27.7 Å². The molecule has 0 amide bonds. The zero-order chi connectivity index (χ0) is 11.3. The van der Waals surface area contributed by atoms with Crippen LogP contribution < -0.4 is 0 Å². The van der Waals surface area contributed by atoms with E-state index in [1.807, 2.05) is 0 Å². The lowest BCUT2D eigenvalue weighted by molar-refractivity contribution is -0.148. The molecule has 1 heterocycles. The van der Waals surface area contributed by atoms with E-state index in [2.05, 4.69) is 9.97 Å². The highest BCUT2D eigenvalue weighted by Gasteiger charge is 2.30. The molecule has 0 radical (unpaired) electrons. The number of esters is 1. The van der Waals surface area contributed by atoms with Crippen LogP contribution in [0.2, 0.25) is 0 Å². The van der Waals surface area contributed by atoms with Gasteiger partial charge in [0.1, 0.15) is 5.60 Å². The molecular weight excluding hydrogens is 196 g/mol. The van der Waals surface area contributed by atoms with Gasteiger partial charge in [-0.3, -0.25) is 4.79 Å². The Labute approximate surface area is 88.1 Å². The van der Waals surface area contributed by atoms with E-state index in [1.165, 1.54) is 19.3 Å². The molecule has 5 nitrogen and oxygen atoms in total. The van der Waals surface area contributed by atoms with Crippen molar-refractivity contribution in [3.05, 3.63) is 24.3 Å². The molecule has 5 heteroatoms. The van der Waals surface area contributed by atoms with Gasteiger partial charge in [0, 0.05) is 12.4 Å². The van der Waals surface area contributed by atoms with Crippen molar-refractivity contribution in [3.8, 4) is 0 Å². The first kappa shape index (κ1) is 11.6. The lowest BCUT2D eigenvalue weighted by atomic mass is 10.0. The van der Waals surface area contributed by atoms with Crippen molar-refractivity contribution >= 4 is 5.97 Å². The van der Waals surface area contributed by atoms with Gasteiger partial charge >= 0.3 is 5.97 Å². The van der Waals surface area contributed by atoms with Gasteiger partial charge in [-0.2, -0.15) is 0 Å². The van der Waals surface area contributed by atoms with Gasteiger partial charge in [-0.05, 0) is 19.9 Å². The van der Waals surface area contributed by atoms with Crippen LogP contribution in [0, 0.1) is 0 Å². The van der Waals surface area contributed by atoms with Gasteiger partial charge in [-0.15, -0.1) is 0 Å². The Balaban J connectivity index is 2.71. The molecule has 82 valence electrons. The summed E-state index contributed by atoms with van der Waals surface area (Å²) in [6.45, 7) is 3.50. The summed E-state index contributed by atoms with van der Waals surface area (Å²) in [5, 5.41) is 9.96. The van der Waals surface area contributed by atoms with E-state index in [9.17, 15) is 9.90 Å². The molecular formula is C10H14N2O3. The van der Waals surface area contributed by atoms with E-state index in [0.717, 1.165) is 0 Å². The van der Waals surface area contributed by atoms with Crippen molar-refractivity contribution in [1.29, 1.82) is 0 Å². The number of hydrogen-bond donors (Lipinski definition) is 1. The molecule has 0 fully saturated rings. The smallest absolute Gasteiger partial charge is 0.309 e. The number of ether oxygens (including phenoxy) is 1. The van der Waals surface area contributed by atoms with E-state index in [-0.39, 0.29) is 12.2 Å². The summed E-state index contributed by atoms with van der Waals surface area (Å²) in [6, 6.07) is 1.64. The molecule has 1 atom stereocenters. The molecule has 0 aliphatic carbocycles. The molecule has 0 saturated heterocycles. The maximum absolute atomic E-state index is 11.2. The number of hydrogen-bond acceptors (Lipinski definition) is 5. The maximum Gasteiger partial charge on any atom is 0.309 e. The minimum absolute atomic E-state index is 0.148. The minimum atomic E-state index is -1.38. The topological polar surface area (TPSA) is 72.3 Å². The summed E-state index contributed by atoms with van der Waals surface area (Å²) in [4.78, 5) is 19.0. The van der Waals surface area contributed by atoms with Crippen LogP contribution in [0.5, 0.6) is 0 Å². The fourth-order valence-electron chi connectivity index (χ4n) is 1.15. The number of carbonyl (C=O) groups is 1. The second-order valence-corrected chi connectivity index (χ2v) is 3.33. The zero-order valence-corrected chi connectivity index (χ0v) is 8.80. The third-order valence-electron chi connectivity index (χ3n) is 1.84. The van der Waals surface area contributed by atoms with Gasteiger partial charge in [-0.1, -0.05) is 0 Å². The summed E-state index contributed by atoms with van der Waals surface area (Å²) in [6.07, 6.45) is 2.88. The Bertz CT molecular complexity index is 325. The average Bonchev–Trinajstić information content (AvgIpc) is 2.18. The molecule has 1 N–H and O–H groups in total. The number of nitrogens with zero attached hydrogens (tertiary/aromatic N) is 2. The molecule has 15 heavy (non-hydrogen) atoms. The van der Waals surface area contributed by atoms with Gasteiger partial charge < -0.3 is 9.84 Å². The monoisotopic (exact) mass is 210 g/mol. The Hall–Kier alpha value is -1.49. The summed E-state index contributed by atoms with van der Waals surface area (Å²) in [7, 11) is 0. The van der Waals surface area contributed by atoms with Crippen LogP contribution >= 0.6 is 0 Å². The summed E-state index contributed by atoms with van der Waals surface area (Å²) >= 11 is 0. The molecule has 0 bridgehead atoms. The van der Waals surface area contributed by atoms with Gasteiger partial charge in [-0.25, -0.2) is 9.97 Å². The Morgan fingerprint density at radius 1 is 1.53 bits per heavy atom. The minimum Gasteiger partial charge on any atom is -0.466 e. The van der Waals surface area contributed by atoms with Crippen molar-refractivity contribution in [2.75, 3.05) is 6.61 Å². The number of carbonyl (C=O) groups excluding carboxylic acids is 1.